The van der Waals surface area contributed by atoms with Crippen molar-refractivity contribution < 1.29 is 42.1 Å². The van der Waals surface area contributed by atoms with Crippen molar-refractivity contribution in [1.82, 2.24) is 0 Å². The molecule has 0 fully saturated rings. The second-order valence-corrected chi connectivity index (χ2v) is 17.3. The molecule has 292 valence electrons. The minimum absolute atomic E-state index is 0.253. The van der Waals surface area contributed by atoms with Gasteiger partial charge in [0.15, 0.2) is 6.29 Å². The molecule has 0 atom stereocenters. The molecule has 9 nitrogen and oxygen atoms in total. The van der Waals surface area contributed by atoms with E-state index in [4.69, 9.17) is 32.5 Å². The summed E-state index contributed by atoms with van der Waals surface area (Å²) in [5, 5.41) is 0. The largest absolute Gasteiger partial charge is 0.530 e. The highest BCUT2D eigenvalue weighted by Gasteiger charge is 2.31. The Bertz CT molecular complexity index is 1580. The Labute approximate surface area is 319 Å². The zero-order valence-corrected chi connectivity index (χ0v) is 35.0. The maximum atomic E-state index is 11.9. The zero-order valence-electron chi connectivity index (χ0n) is 34.1. The van der Waals surface area contributed by atoms with Gasteiger partial charge in [0.2, 0.25) is 0 Å². The van der Waals surface area contributed by atoms with Crippen molar-refractivity contribution in [2.75, 3.05) is 28.4 Å². The predicted molar refractivity (Wildman–Crippen MR) is 211 cm³/mol. The Morgan fingerprint density at radius 1 is 0.528 bits per heavy atom. The third-order valence-corrected chi connectivity index (χ3v) is 10.00. The van der Waals surface area contributed by atoms with Crippen LogP contribution in [0.15, 0.2) is 54.6 Å². The average molecular weight is 753 g/mol. The third kappa shape index (κ3) is 13.3. The summed E-state index contributed by atoms with van der Waals surface area (Å²) in [6.07, 6.45) is 2.86. The summed E-state index contributed by atoms with van der Waals surface area (Å²) in [5.74, 6) is 1.43. The summed E-state index contributed by atoms with van der Waals surface area (Å²) >= 11 is 0. The monoisotopic (exact) mass is 752 g/mol. The van der Waals surface area contributed by atoms with Crippen LogP contribution in [0.1, 0.15) is 115 Å². The van der Waals surface area contributed by atoms with Gasteiger partial charge in [0.25, 0.3) is 0 Å². The lowest BCUT2D eigenvalue weighted by molar-refractivity contribution is -0.141. The Hall–Kier alpha value is -3.65. The summed E-state index contributed by atoms with van der Waals surface area (Å²) in [5.41, 5.74) is 5.25. The van der Waals surface area contributed by atoms with E-state index < -0.39 is 8.60 Å². The Morgan fingerprint density at radius 2 is 0.849 bits per heavy atom. The zero-order chi connectivity index (χ0) is 39.6. The van der Waals surface area contributed by atoms with Gasteiger partial charge in [0, 0.05) is 50.2 Å². The van der Waals surface area contributed by atoms with Crippen molar-refractivity contribution in [2.24, 2.45) is 0 Å². The maximum absolute atomic E-state index is 11.9. The first-order valence-corrected chi connectivity index (χ1v) is 19.3. The number of ether oxygens (including phenoxy) is 4. The summed E-state index contributed by atoms with van der Waals surface area (Å²) in [6.45, 7) is 19.2. The highest BCUT2D eigenvalue weighted by Crippen LogP contribution is 2.49. The van der Waals surface area contributed by atoms with E-state index in [1.807, 2.05) is 30.3 Å². The molecular weight excluding hydrogens is 691 g/mol. The molecule has 3 aromatic rings. The molecule has 0 bridgehead atoms. The van der Waals surface area contributed by atoms with E-state index in [0.29, 0.717) is 36.5 Å². The third-order valence-electron chi connectivity index (χ3n) is 8.96. The molecule has 0 radical (unpaired) electrons. The first-order valence-electron chi connectivity index (χ1n) is 18.2. The molecule has 53 heavy (non-hydrogen) atoms. The minimum Gasteiger partial charge on any atom is -0.469 e. The van der Waals surface area contributed by atoms with Gasteiger partial charge in [-0.15, -0.1) is 0 Å². The number of hydrogen-bond acceptors (Lipinski definition) is 9. The van der Waals surface area contributed by atoms with Crippen LogP contribution < -0.4 is 13.6 Å². The van der Waals surface area contributed by atoms with Crippen LogP contribution >= 0.6 is 8.60 Å². The van der Waals surface area contributed by atoms with Crippen LogP contribution in [0.5, 0.6) is 17.2 Å². The second-order valence-electron chi connectivity index (χ2n) is 16.3. The van der Waals surface area contributed by atoms with Gasteiger partial charge in [-0.2, -0.15) is 0 Å². The molecule has 0 unspecified atom stereocenters. The van der Waals surface area contributed by atoms with E-state index in [1.165, 1.54) is 14.2 Å². The number of esters is 2. The molecular formula is C43H61O9P. The van der Waals surface area contributed by atoms with Crippen molar-refractivity contribution in [3.8, 4) is 17.2 Å². The summed E-state index contributed by atoms with van der Waals surface area (Å²) in [7, 11) is 4.04. The standard InChI is InChI=1S/C43H61O9P/c1-41(2,3)32-26-29(17-23-38(44)46-10)14-20-35(32)50-53(51-36-21-15-30(18-24-39(45)47-11)27-33(36)42(4,5)6)52-37-22-16-31(19-25-40(48-12)49-13)28-34(37)43(7,8)9/h14-16,20-22,26-28,40H,17-19,23-25H2,1-13H3. The summed E-state index contributed by atoms with van der Waals surface area (Å²) in [4.78, 5) is 23.9. The van der Waals surface area contributed by atoms with Gasteiger partial charge in [-0.3, -0.25) is 9.59 Å². The van der Waals surface area contributed by atoms with E-state index in [9.17, 15) is 9.59 Å². The molecule has 0 amide bonds. The SMILES string of the molecule is COC(=O)CCc1ccc(OP(Oc2ccc(CCC(=O)OC)cc2C(C)(C)C)Oc2ccc(CCC(OC)OC)cc2C(C)(C)C)c(C(C)(C)C)c1. The van der Waals surface area contributed by atoms with Crippen LogP contribution in [0.3, 0.4) is 0 Å². The van der Waals surface area contributed by atoms with Crippen LogP contribution in [-0.4, -0.2) is 46.7 Å². The van der Waals surface area contributed by atoms with Gasteiger partial charge in [-0.1, -0.05) is 98.7 Å². The van der Waals surface area contributed by atoms with Crippen molar-refractivity contribution in [1.29, 1.82) is 0 Å². The normalized spacial score (nSPS) is 12.2. The van der Waals surface area contributed by atoms with E-state index in [0.717, 1.165) is 39.8 Å². The lowest BCUT2D eigenvalue weighted by Crippen LogP contribution is -2.18. The topological polar surface area (TPSA) is 98.8 Å². The van der Waals surface area contributed by atoms with Crippen LogP contribution in [-0.2, 0) is 64.0 Å². The highest BCUT2D eigenvalue weighted by molar-refractivity contribution is 7.43. The second kappa shape index (κ2) is 19.1. The highest BCUT2D eigenvalue weighted by atomic mass is 31.2. The fourth-order valence-electron chi connectivity index (χ4n) is 5.81. The molecule has 0 heterocycles. The van der Waals surface area contributed by atoms with Crippen molar-refractivity contribution >= 4 is 20.5 Å². The fraction of sp³-hybridized carbons (Fsp3) is 0.535. The molecule has 3 rings (SSSR count). The first kappa shape index (κ1) is 43.8. The number of carbonyl (C=O) groups is 2. The van der Waals surface area contributed by atoms with Gasteiger partial charge in [0.1, 0.15) is 17.2 Å². The number of rotatable bonds is 17. The van der Waals surface area contributed by atoms with Crippen LogP contribution in [0.4, 0.5) is 0 Å². The van der Waals surface area contributed by atoms with Crippen LogP contribution in [0, 0.1) is 0 Å². The molecule has 10 heteroatoms. The number of benzene rings is 3. The molecule has 0 aliphatic rings. The molecule has 0 aliphatic carbocycles. The molecule has 0 N–H and O–H groups in total. The van der Waals surface area contributed by atoms with Crippen molar-refractivity contribution in [3.63, 3.8) is 0 Å². The minimum atomic E-state index is -2.06. The number of carbonyl (C=O) groups excluding carboxylic acids is 2. The first-order chi connectivity index (χ1) is 24.8. The molecule has 0 aliphatic heterocycles. The smallest absolute Gasteiger partial charge is 0.469 e. The quantitative estimate of drug-likeness (QED) is 0.0758. The Morgan fingerprint density at radius 3 is 1.13 bits per heavy atom. The maximum Gasteiger partial charge on any atom is 0.530 e. The fourth-order valence-corrected chi connectivity index (χ4v) is 6.88. The van der Waals surface area contributed by atoms with Crippen LogP contribution in [0.25, 0.3) is 0 Å². The van der Waals surface area contributed by atoms with Gasteiger partial charge < -0.3 is 32.5 Å². The number of aryl methyl sites for hydroxylation is 3. The van der Waals surface area contributed by atoms with Crippen molar-refractivity contribution in [3.05, 3.63) is 88.0 Å². The molecule has 0 spiro atoms. The Kier molecular flexibility index (Phi) is 15.8. The van der Waals surface area contributed by atoms with Gasteiger partial charge in [-0.25, -0.2) is 0 Å². The van der Waals surface area contributed by atoms with E-state index in [1.54, 1.807) is 14.2 Å². The molecule has 0 saturated carbocycles. The number of methoxy groups -OCH3 is 4. The lowest BCUT2D eigenvalue weighted by Gasteiger charge is -2.29. The molecule has 0 aromatic heterocycles. The summed E-state index contributed by atoms with van der Waals surface area (Å²) in [6, 6.07) is 18.2. The van der Waals surface area contributed by atoms with E-state index in [2.05, 4.69) is 86.6 Å². The molecule has 3 aromatic carbocycles. The van der Waals surface area contributed by atoms with Crippen molar-refractivity contribution in [2.45, 2.75) is 123 Å². The average Bonchev–Trinajstić information content (AvgIpc) is 3.09. The van der Waals surface area contributed by atoms with Crippen LogP contribution in [0.2, 0.25) is 0 Å². The molecule has 0 saturated heterocycles. The number of hydrogen-bond donors (Lipinski definition) is 0. The Balaban J connectivity index is 2.12. The lowest BCUT2D eigenvalue weighted by atomic mass is 9.85. The van der Waals surface area contributed by atoms with Gasteiger partial charge >= 0.3 is 20.5 Å². The van der Waals surface area contributed by atoms with Gasteiger partial charge in [-0.05, 0) is 70.4 Å². The predicted octanol–water partition coefficient (Wildman–Crippen LogP) is 10.1. The van der Waals surface area contributed by atoms with E-state index >= 15 is 0 Å². The summed E-state index contributed by atoms with van der Waals surface area (Å²) < 4.78 is 41.1. The van der Waals surface area contributed by atoms with E-state index in [-0.39, 0.29) is 47.3 Å². The van der Waals surface area contributed by atoms with Gasteiger partial charge in [0.05, 0.1) is 14.2 Å².